The number of nitrogens with one attached hydrogen (secondary N) is 1. The zero-order valence-corrected chi connectivity index (χ0v) is 16.5. The molecule has 0 unspecified atom stereocenters. The smallest absolute Gasteiger partial charge is 0.287 e. The van der Waals surface area contributed by atoms with E-state index in [0.717, 1.165) is 18.4 Å². The van der Waals surface area contributed by atoms with E-state index in [-0.39, 0.29) is 25.0 Å². The molecule has 1 aromatic carbocycles. The van der Waals surface area contributed by atoms with Crippen molar-refractivity contribution in [3.05, 3.63) is 48.0 Å². The normalized spacial score (nSPS) is 21.4. The van der Waals surface area contributed by atoms with Crippen molar-refractivity contribution in [1.29, 1.82) is 0 Å². The minimum absolute atomic E-state index is 0.0958. The van der Waals surface area contributed by atoms with Gasteiger partial charge in [-0.25, -0.2) is 4.98 Å². The van der Waals surface area contributed by atoms with E-state index in [9.17, 15) is 14.4 Å². The maximum absolute atomic E-state index is 13.1. The quantitative estimate of drug-likeness (QED) is 0.669. The van der Waals surface area contributed by atoms with Gasteiger partial charge in [-0.05, 0) is 31.2 Å². The zero-order valence-electron chi connectivity index (χ0n) is 16.5. The molecule has 2 aliphatic rings. The number of Topliss-reactive ketones (excluding diaryl/α,β-unsaturated/α-hetero) is 1. The maximum atomic E-state index is 13.1. The molecule has 1 saturated carbocycles. The number of likely N-dealkylation sites (tertiary alicyclic amines) is 1. The minimum atomic E-state index is -0.627. The Morgan fingerprint density at radius 3 is 2.62 bits per heavy atom. The topological polar surface area (TPSA) is 97.2 Å². The lowest BCUT2D eigenvalue weighted by atomic mass is 9.86. The van der Waals surface area contributed by atoms with Gasteiger partial charge < -0.3 is 10.2 Å². The van der Waals surface area contributed by atoms with Crippen molar-refractivity contribution in [3.63, 3.8) is 0 Å². The molecule has 8 nitrogen and oxygen atoms in total. The largest absolute Gasteiger partial charge is 0.347 e. The van der Waals surface area contributed by atoms with E-state index in [1.54, 1.807) is 16.6 Å². The fourth-order valence-electron chi connectivity index (χ4n) is 3.85. The van der Waals surface area contributed by atoms with Crippen LogP contribution in [-0.4, -0.2) is 49.8 Å². The fraction of sp³-hybridized carbons (Fsp3) is 0.476. The summed E-state index contributed by atoms with van der Waals surface area (Å²) >= 11 is 0. The average molecular weight is 395 g/mol. The van der Waals surface area contributed by atoms with Crippen LogP contribution in [-0.2, 0) is 34.4 Å². The van der Waals surface area contributed by atoms with Crippen molar-refractivity contribution in [2.24, 2.45) is 18.9 Å². The summed E-state index contributed by atoms with van der Waals surface area (Å²) in [5.41, 5.74) is 1.11. The summed E-state index contributed by atoms with van der Waals surface area (Å²) in [6.45, 7) is 0.521. The Kier molecular flexibility index (Phi) is 5.42. The van der Waals surface area contributed by atoms with Gasteiger partial charge in [0.15, 0.2) is 0 Å². The first-order chi connectivity index (χ1) is 14.0. The fourth-order valence-corrected chi connectivity index (χ4v) is 3.85. The molecule has 1 saturated heterocycles. The number of aryl methyl sites for hydroxylation is 2. The molecule has 8 heteroatoms. The van der Waals surface area contributed by atoms with Crippen LogP contribution in [0, 0.1) is 11.8 Å². The second-order valence-corrected chi connectivity index (χ2v) is 7.87. The van der Waals surface area contributed by atoms with Crippen LogP contribution in [0.4, 0.5) is 0 Å². The monoisotopic (exact) mass is 395 g/mol. The van der Waals surface area contributed by atoms with Gasteiger partial charge in [-0.1, -0.05) is 30.3 Å². The van der Waals surface area contributed by atoms with Crippen LogP contribution >= 0.6 is 0 Å². The lowest BCUT2D eigenvalue weighted by Gasteiger charge is -2.15. The summed E-state index contributed by atoms with van der Waals surface area (Å²) in [5.74, 6) is -1.62. The molecule has 4 rings (SSSR count). The van der Waals surface area contributed by atoms with Crippen molar-refractivity contribution in [2.45, 2.75) is 38.3 Å². The van der Waals surface area contributed by atoms with Crippen molar-refractivity contribution in [3.8, 4) is 0 Å². The summed E-state index contributed by atoms with van der Waals surface area (Å²) in [6, 6.07) is 9.99. The van der Waals surface area contributed by atoms with Crippen molar-refractivity contribution >= 4 is 17.6 Å². The molecule has 2 atom stereocenters. The van der Waals surface area contributed by atoms with Gasteiger partial charge in [0.1, 0.15) is 12.2 Å². The maximum Gasteiger partial charge on any atom is 0.287 e. The number of ketones is 1. The number of aromatic nitrogens is 3. The molecular formula is C21H25N5O3. The molecule has 2 amide bonds. The van der Waals surface area contributed by atoms with Gasteiger partial charge in [0.05, 0.1) is 18.4 Å². The third-order valence-electron chi connectivity index (χ3n) is 5.73. The molecule has 1 N–H and O–H groups in total. The predicted octanol–water partition coefficient (Wildman–Crippen LogP) is 0.870. The van der Waals surface area contributed by atoms with E-state index >= 15 is 0 Å². The molecule has 0 spiro atoms. The summed E-state index contributed by atoms with van der Waals surface area (Å²) in [4.78, 5) is 44.2. The lowest BCUT2D eigenvalue weighted by Crippen LogP contribution is -2.39. The molecule has 29 heavy (non-hydrogen) atoms. The molecular weight excluding hydrogens is 370 g/mol. The minimum Gasteiger partial charge on any atom is -0.347 e. The highest BCUT2D eigenvalue weighted by Gasteiger charge is 2.46. The van der Waals surface area contributed by atoms with Gasteiger partial charge in [0.2, 0.25) is 11.7 Å². The molecule has 0 bridgehead atoms. The number of benzene rings is 1. The number of carbonyl (C=O) groups is 3. The van der Waals surface area contributed by atoms with Gasteiger partial charge in [-0.15, -0.1) is 0 Å². The Labute approximate surface area is 169 Å². The van der Waals surface area contributed by atoms with Gasteiger partial charge >= 0.3 is 0 Å². The molecule has 2 heterocycles. The standard InChI is InChI=1S/C21H25N5O3/c1-25-18(22-13-23-25)12-26-11-17(19(27)20(28)24-15-8-9-15)16(21(26)29)10-7-14-5-3-2-4-6-14/h2-6,13,15-17H,7-12H2,1H3,(H,24,28)/t16-,17+/m0/s1. The van der Waals surface area contributed by atoms with Crippen LogP contribution in [0.25, 0.3) is 0 Å². The Balaban J connectivity index is 1.50. The summed E-state index contributed by atoms with van der Waals surface area (Å²) < 4.78 is 1.61. The highest BCUT2D eigenvalue weighted by Crippen LogP contribution is 2.31. The van der Waals surface area contributed by atoms with E-state index in [0.29, 0.717) is 18.7 Å². The van der Waals surface area contributed by atoms with Gasteiger partial charge in [0.25, 0.3) is 5.91 Å². The van der Waals surface area contributed by atoms with Crippen LogP contribution in [0.1, 0.15) is 30.7 Å². The SMILES string of the molecule is Cn1ncnc1CN1C[C@@H](C(=O)C(=O)NC2CC2)[C@H](CCc2ccccc2)C1=O. The number of rotatable bonds is 8. The Hall–Kier alpha value is -3.03. The molecule has 1 aliphatic carbocycles. The lowest BCUT2D eigenvalue weighted by molar-refractivity contribution is -0.141. The molecule has 1 aromatic heterocycles. The van der Waals surface area contributed by atoms with Gasteiger partial charge in [-0.2, -0.15) is 5.10 Å². The molecule has 0 radical (unpaired) electrons. The Bertz CT molecular complexity index is 906. The van der Waals surface area contributed by atoms with E-state index < -0.39 is 23.5 Å². The van der Waals surface area contributed by atoms with Crippen molar-refractivity contribution in [1.82, 2.24) is 25.0 Å². The molecule has 152 valence electrons. The molecule has 2 aromatic rings. The van der Waals surface area contributed by atoms with Crippen LogP contribution in [0.2, 0.25) is 0 Å². The summed E-state index contributed by atoms with van der Waals surface area (Å²) in [6.07, 6.45) is 4.49. The van der Waals surface area contributed by atoms with Crippen LogP contribution in [0.5, 0.6) is 0 Å². The van der Waals surface area contributed by atoms with E-state index in [2.05, 4.69) is 15.4 Å². The van der Waals surface area contributed by atoms with Crippen LogP contribution in [0.15, 0.2) is 36.7 Å². The third-order valence-corrected chi connectivity index (χ3v) is 5.73. The van der Waals surface area contributed by atoms with Gasteiger partial charge in [-0.3, -0.25) is 19.1 Å². The summed E-state index contributed by atoms with van der Waals surface area (Å²) in [5, 5.41) is 6.80. The number of carbonyl (C=O) groups excluding carboxylic acids is 3. The number of nitrogens with zero attached hydrogens (tertiary/aromatic N) is 4. The average Bonchev–Trinajstić information content (AvgIpc) is 3.37. The van der Waals surface area contributed by atoms with Crippen molar-refractivity contribution in [2.75, 3.05) is 6.54 Å². The van der Waals surface area contributed by atoms with Crippen LogP contribution < -0.4 is 5.32 Å². The highest BCUT2D eigenvalue weighted by atomic mass is 16.2. The molecule has 1 aliphatic heterocycles. The Morgan fingerprint density at radius 1 is 1.21 bits per heavy atom. The van der Waals surface area contributed by atoms with Crippen LogP contribution in [0.3, 0.4) is 0 Å². The Morgan fingerprint density at radius 2 is 1.97 bits per heavy atom. The first kappa shape index (κ1) is 19.3. The first-order valence-corrected chi connectivity index (χ1v) is 10.0. The molecule has 2 fully saturated rings. The van der Waals surface area contributed by atoms with E-state index in [4.69, 9.17) is 0 Å². The highest BCUT2D eigenvalue weighted by molar-refractivity contribution is 6.37. The number of hydrogen-bond donors (Lipinski definition) is 1. The number of hydrogen-bond acceptors (Lipinski definition) is 5. The first-order valence-electron chi connectivity index (χ1n) is 10.0. The summed E-state index contributed by atoms with van der Waals surface area (Å²) in [7, 11) is 1.77. The van der Waals surface area contributed by atoms with Gasteiger partial charge in [0, 0.05) is 19.6 Å². The second kappa shape index (κ2) is 8.14. The third kappa shape index (κ3) is 4.36. The van der Waals surface area contributed by atoms with Crippen molar-refractivity contribution < 1.29 is 14.4 Å². The van der Waals surface area contributed by atoms with E-state index in [1.807, 2.05) is 30.3 Å². The van der Waals surface area contributed by atoms with E-state index in [1.165, 1.54) is 6.33 Å². The number of amides is 2. The second-order valence-electron chi connectivity index (χ2n) is 7.87. The zero-order chi connectivity index (χ0) is 20.4. The predicted molar refractivity (Wildman–Crippen MR) is 104 cm³/mol.